The van der Waals surface area contributed by atoms with Gasteiger partial charge in [-0.25, -0.2) is 4.98 Å². The van der Waals surface area contributed by atoms with Gasteiger partial charge in [-0.3, -0.25) is 9.48 Å². The van der Waals surface area contributed by atoms with Crippen LogP contribution in [0.4, 0.5) is 0 Å². The van der Waals surface area contributed by atoms with Gasteiger partial charge in [0.2, 0.25) is 0 Å². The molecule has 0 atom stereocenters. The fraction of sp³-hybridized carbons (Fsp3) is 0.421. The SMILES string of the molecule is Cc1nn(CC(C)C)c(C)c1CC(=O)OCc1csc(-c2ccsc2)n1. The van der Waals surface area contributed by atoms with Crippen LogP contribution in [0.2, 0.25) is 0 Å². The molecule has 0 radical (unpaired) electrons. The van der Waals surface area contributed by atoms with E-state index in [-0.39, 0.29) is 19.0 Å². The van der Waals surface area contributed by atoms with Crippen LogP contribution in [0, 0.1) is 19.8 Å². The van der Waals surface area contributed by atoms with E-state index in [1.54, 1.807) is 22.7 Å². The number of carbonyl (C=O) groups excluding carboxylic acids is 1. The maximum absolute atomic E-state index is 12.3. The quantitative estimate of drug-likeness (QED) is 0.553. The molecule has 0 spiro atoms. The van der Waals surface area contributed by atoms with Gasteiger partial charge >= 0.3 is 5.97 Å². The summed E-state index contributed by atoms with van der Waals surface area (Å²) in [5.74, 6) is 0.264. The molecule has 0 aliphatic rings. The third-order valence-corrected chi connectivity index (χ3v) is 5.71. The molecular formula is C19H23N3O2S2. The third-order valence-electron chi connectivity index (χ3n) is 4.09. The Balaban J connectivity index is 1.59. The van der Waals surface area contributed by atoms with Gasteiger partial charge in [0.1, 0.15) is 11.6 Å². The number of thiazole rings is 1. The summed E-state index contributed by atoms with van der Waals surface area (Å²) in [5, 5.41) is 11.5. The molecule has 0 fully saturated rings. The first kappa shape index (κ1) is 18.8. The second-order valence-electron chi connectivity index (χ2n) is 6.72. The average molecular weight is 390 g/mol. The van der Waals surface area contributed by atoms with E-state index in [9.17, 15) is 4.79 Å². The topological polar surface area (TPSA) is 57.0 Å². The largest absolute Gasteiger partial charge is 0.459 e. The summed E-state index contributed by atoms with van der Waals surface area (Å²) in [6.07, 6.45) is 0.247. The average Bonchev–Trinajstić information content (AvgIpc) is 3.30. The van der Waals surface area contributed by atoms with Crippen molar-refractivity contribution in [3.8, 4) is 10.6 Å². The highest BCUT2D eigenvalue weighted by Crippen LogP contribution is 2.26. The number of esters is 1. The zero-order valence-electron chi connectivity index (χ0n) is 15.5. The number of hydrogen-bond donors (Lipinski definition) is 0. The van der Waals surface area contributed by atoms with Crippen molar-refractivity contribution in [2.75, 3.05) is 0 Å². The molecule has 0 amide bonds. The standard InChI is InChI=1S/C19H23N3O2S2/c1-12(2)8-22-14(4)17(13(3)21-22)7-18(23)24-9-16-11-26-19(20-16)15-5-6-25-10-15/h5-6,10-12H,7-9H2,1-4H3. The van der Waals surface area contributed by atoms with Crippen molar-refractivity contribution in [1.82, 2.24) is 14.8 Å². The maximum Gasteiger partial charge on any atom is 0.310 e. The maximum atomic E-state index is 12.3. The zero-order chi connectivity index (χ0) is 18.7. The van der Waals surface area contributed by atoms with E-state index in [1.807, 2.05) is 35.4 Å². The minimum absolute atomic E-state index is 0.206. The van der Waals surface area contributed by atoms with E-state index in [2.05, 4.69) is 29.3 Å². The summed E-state index contributed by atoms with van der Waals surface area (Å²) in [6, 6.07) is 2.04. The Morgan fingerprint density at radius 2 is 2.12 bits per heavy atom. The molecule has 3 aromatic rings. The Hall–Kier alpha value is -1.99. The Bertz CT molecular complexity index is 879. The predicted molar refractivity (Wildman–Crippen MR) is 105 cm³/mol. The summed E-state index contributed by atoms with van der Waals surface area (Å²) in [6.45, 7) is 9.33. The molecule has 0 unspecified atom stereocenters. The highest BCUT2D eigenvalue weighted by atomic mass is 32.1. The van der Waals surface area contributed by atoms with Crippen molar-refractivity contribution >= 4 is 28.6 Å². The normalized spacial score (nSPS) is 11.3. The second kappa shape index (κ2) is 8.14. The molecule has 3 heterocycles. The molecule has 7 heteroatoms. The molecular weight excluding hydrogens is 366 g/mol. The first-order valence-corrected chi connectivity index (χ1v) is 10.4. The molecule has 0 saturated heterocycles. The molecule has 3 rings (SSSR count). The molecule has 0 aromatic carbocycles. The van der Waals surface area contributed by atoms with E-state index < -0.39 is 0 Å². The number of rotatable bonds is 7. The first-order valence-electron chi connectivity index (χ1n) is 8.59. The Morgan fingerprint density at radius 1 is 1.31 bits per heavy atom. The lowest BCUT2D eigenvalue weighted by molar-refractivity contribution is -0.144. The molecule has 0 bridgehead atoms. The van der Waals surface area contributed by atoms with Crippen LogP contribution in [0.15, 0.2) is 22.2 Å². The van der Waals surface area contributed by atoms with Crippen LogP contribution in [0.3, 0.4) is 0 Å². The first-order chi connectivity index (χ1) is 12.4. The number of thiophene rings is 1. The lowest BCUT2D eigenvalue weighted by Crippen LogP contribution is -2.11. The van der Waals surface area contributed by atoms with Crippen LogP contribution in [-0.4, -0.2) is 20.7 Å². The smallest absolute Gasteiger partial charge is 0.310 e. The predicted octanol–water partition coefficient (Wildman–Crippen LogP) is 4.63. The number of aryl methyl sites for hydroxylation is 1. The third kappa shape index (κ3) is 4.40. The van der Waals surface area contributed by atoms with Crippen LogP contribution in [0.5, 0.6) is 0 Å². The Kier molecular flexibility index (Phi) is 5.88. The molecule has 0 aliphatic heterocycles. The molecule has 138 valence electrons. The fourth-order valence-corrected chi connectivity index (χ4v) is 4.27. The highest BCUT2D eigenvalue weighted by Gasteiger charge is 2.17. The van der Waals surface area contributed by atoms with Crippen molar-refractivity contribution < 1.29 is 9.53 Å². The molecule has 0 saturated carbocycles. The molecule has 0 N–H and O–H groups in total. The van der Waals surface area contributed by atoms with Crippen molar-refractivity contribution in [2.24, 2.45) is 5.92 Å². The van der Waals surface area contributed by atoms with Crippen LogP contribution < -0.4 is 0 Å². The van der Waals surface area contributed by atoms with Crippen LogP contribution in [0.25, 0.3) is 10.6 Å². The molecule has 5 nitrogen and oxygen atoms in total. The summed E-state index contributed by atoms with van der Waals surface area (Å²) in [5.41, 5.74) is 4.80. The molecule has 3 aromatic heterocycles. The highest BCUT2D eigenvalue weighted by molar-refractivity contribution is 7.14. The van der Waals surface area contributed by atoms with E-state index in [0.29, 0.717) is 5.92 Å². The number of carbonyl (C=O) groups is 1. The van der Waals surface area contributed by atoms with Crippen LogP contribution in [0.1, 0.15) is 36.5 Å². The van der Waals surface area contributed by atoms with E-state index >= 15 is 0 Å². The van der Waals surface area contributed by atoms with E-state index in [1.165, 1.54) is 0 Å². The van der Waals surface area contributed by atoms with Crippen molar-refractivity contribution in [3.63, 3.8) is 0 Å². The van der Waals surface area contributed by atoms with Crippen molar-refractivity contribution in [3.05, 3.63) is 44.9 Å². The van der Waals surface area contributed by atoms with Gasteiger partial charge in [0.15, 0.2) is 0 Å². The Morgan fingerprint density at radius 3 is 2.81 bits per heavy atom. The lowest BCUT2D eigenvalue weighted by Gasteiger charge is -2.08. The van der Waals surface area contributed by atoms with Gasteiger partial charge in [0.05, 0.1) is 17.8 Å². The summed E-state index contributed by atoms with van der Waals surface area (Å²) in [7, 11) is 0. The summed E-state index contributed by atoms with van der Waals surface area (Å²) >= 11 is 3.21. The number of hydrogen-bond acceptors (Lipinski definition) is 6. The number of ether oxygens (including phenoxy) is 1. The van der Waals surface area contributed by atoms with E-state index in [4.69, 9.17) is 4.74 Å². The van der Waals surface area contributed by atoms with Gasteiger partial charge < -0.3 is 4.74 Å². The van der Waals surface area contributed by atoms with Crippen LogP contribution >= 0.6 is 22.7 Å². The van der Waals surface area contributed by atoms with Gasteiger partial charge in [0, 0.05) is 34.1 Å². The van der Waals surface area contributed by atoms with Gasteiger partial charge in [-0.1, -0.05) is 13.8 Å². The minimum atomic E-state index is -0.245. The van der Waals surface area contributed by atoms with Crippen molar-refractivity contribution in [2.45, 2.75) is 47.3 Å². The lowest BCUT2D eigenvalue weighted by atomic mass is 10.1. The van der Waals surface area contributed by atoms with Gasteiger partial charge in [0.25, 0.3) is 0 Å². The van der Waals surface area contributed by atoms with Crippen molar-refractivity contribution in [1.29, 1.82) is 0 Å². The van der Waals surface area contributed by atoms with Gasteiger partial charge in [-0.2, -0.15) is 16.4 Å². The minimum Gasteiger partial charge on any atom is -0.459 e. The fourth-order valence-electron chi connectivity index (χ4n) is 2.76. The van der Waals surface area contributed by atoms with Crippen LogP contribution in [-0.2, 0) is 29.1 Å². The number of aromatic nitrogens is 3. The summed E-state index contributed by atoms with van der Waals surface area (Å²) in [4.78, 5) is 16.8. The monoisotopic (exact) mass is 389 g/mol. The molecule has 0 aliphatic carbocycles. The second-order valence-corrected chi connectivity index (χ2v) is 8.36. The molecule has 26 heavy (non-hydrogen) atoms. The zero-order valence-corrected chi connectivity index (χ0v) is 17.1. The Labute approximate surface area is 161 Å². The number of nitrogens with zero attached hydrogens (tertiary/aromatic N) is 3. The van der Waals surface area contributed by atoms with Gasteiger partial charge in [-0.05, 0) is 31.2 Å². The van der Waals surface area contributed by atoms with E-state index in [0.717, 1.165) is 39.8 Å². The van der Waals surface area contributed by atoms with Gasteiger partial charge in [-0.15, -0.1) is 11.3 Å². The summed E-state index contributed by atoms with van der Waals surface area (Å²) < 4.78 is 7.42.